The summed E-state index contributed by atoms with van der Waals surface area (Å²) < 4.78 is 5.32. The van der Waals surface area contributed by atoms with Crippen molar-refractivity contribution in [1.82, 2.24) is 4.90 Å². The highest BCUT2D eigenvalue weighted by Crippen LogP contribution is 2.20. The Morgan fingerprint density at radius 1 is 1.37 bits per heavy atom. The second-order valence-electron chi connectivity index (χ2n) is 4.79. The molecule has 5 nitrogen and oxygen atoms in total. The topological polar surface area (TPSA) is 75.8 Å². The third kappa shape index (κ3) is 4.02. The molecule has 0 aliphatic carbocycles. The van der Waals surface area contributed by atoms with Crippen LogP contribution in [-0.4, -0.2) is 42.3 Å². The number of rotatable bonds is 5. The SMILES string of the molecule is NC(CC(=O)O)c1ccccc1CN1CCOCC1. The zero-order valence-electron chi connectivity index (χ0n) is 10.9. The van der Waals surface area contributed by atoms with Crippen LogP contribution in [0.15, 0.2) is 24.3 Å². The molecule has 0 spiro atoms. The van der Waals surface area contributed by atoms with Gasteiger partial charge in [-0.1, -0.05) is 24.3 Å². The highest BCUT2D eigenvalue weighted by Gasteiger charge is 2.17. The van der Waals surface area contributed by atoms with Crippen LogP contribution in [0, 0.1) is 0 Å². The number of aliphatic carboxylic acids is 1. The number of carboxylic acids is 1. The maximum Gasteiger partial charge on any atom is 0.305 e. The molecule has 2 rings (SSSR count). The fraction of sp³-hybridized carbons (Fsp3) is 0.500. The summed E-state index contributed by atoms with van der Waals surface area (Å²) in [6, 6.07) is 7.36. The van der Waals surface area contributed by atoms with Gasteiger partial charge in [0.2, 0.25) is 0 Å². The first-order chi connectivity index (χ1) is 9.16. The summed E-state index contributed by atoms with van der Waals surface area (Å²) in [5.74, 6) is -0.867. The summed E-state index contributed by atoms with van der Waals surface area (Å²) in [6.07, 6.45) is -0.0415. The van der Waals surface area contributed by atoms with Crippen molar-refractivity contribution >= 4 is 5.97 Å². The predicted molar refractivity (Wildman–Crippen MR) is 71.7 cm³/mol. The van der Waals surface area contributed by atoms with Crippen molar-refractivity contribution in [2.75, 3.05) is 26.3 Å². The molecular weight excluding hydrogens is 244 g/mol. The van der Waals surface area contributed by atoms with E-state index in [1.807, 2.05) is 24.3 Å². The zero-order valence-corrected chi connectivity index (χ0v) is 10.9. The molecule has 0 radical (unpaired) electrons. The first kappa shape index (κ1) is 14.0. The number of carbonyl (C=O) groups is 1. The second kappa shape index (κ2) is 6.65. The maximum absolute atomic E-state index is 10.8. The Labute approximate surface area is 113 Å². The summed E-state index contributed by atoms with van der Waals surface area (Å²) in [7, 11) is 0. The maximum atomic E-state index is 10.8. The largest absolute Gasteiger partial charge is 0.481 e. The molecule has 1 aromatic rings. The molecule has 3 N–H and O–H groups in total. The van der Waals surface area contributed by atoms with Crippen LogP contribution in [0.1, 0.15) is 23.6 Å². The van der Waals surface area contributed by atoms with Gasteiger partial charge in [-0.2, -0.15) is 0 Å². The lowest BCUT2D eigenvalue weighted by atomic mass is 9.98. The van der Waals surface area contributed by atoms with Crippen LogP contribution in [-0.2, 0) is 16.1 Å². The average molecular weight is 264 g/mol. The Hall–Kier alpha value is -1.43. The molecule has 104 valence electrons. The highest BCUT2D eigenvalue weighted by atomic mass is 16.5. The van der Waals surface area contributed by atoms with E-state index in [4.69, 9.17) is 15.6 Å². The van der Waals surface area contributed by atoms with E-state index < -0.39 is 12.0 Å². The van der Waals surface area contributed by atoms with Crippen molar-refractivity contribution in [2.24, 2.45) is 5.73 Å². The minimum Gasteiger partial charge on any atom is -0.481 e. The van der Waals surface area contributed by atoms with Crippen LogP contribution < -0.4 is 5.73 Å². The Balaban J connectivity index is 2.08. The minimum atomic E-state index is -0.867. The van der Waals surface area contributed by atoms with Gasteiger partial charge in [-0.25, -0.2) is 0 Å². The van der Waals surface area contributed by atoms with E-state index in [1.54, 1.807) is 0 Å². The molecule has 0 amide bonds. The lowest BCUT2D eigenvalue weighted by molar-refractivity contribution is -0.137. The van der Waals surface area contributed by atoms with Gasteiger partial charge < -0.3 is 15.6 Å². The third-order valence-corrected chi connectivity index (χ3v) is 3.35. The smallest absolute Gasteiger partial charge is 0.305 e. The van der Waals surface area contributed by atoms with Crippen LogP contribution in [0.2, 0.25) is 0 Å². The average Bonchev–Trinajstić information content (AvgIpc) is 2.39. The Morgan fingerprint density at radius 2 is 2.05 bits per heavy atom. The molecular formula is C14H20N2O3. The Morgan fingerprint density at radius 3 is 2.74 bits per heavy atom. The quantitative estimate of drug-likeness (QED) is 0.829. The predicted octanol–water partition coefficient (Wildman–Crippen LogP) is 0.993. The lowest BCUT2D eigenvalue weighted by Crippen LogP contribution is -2.36. The van der Waals surface area contributed by atoms with E-state index in [0.29, 0.717) is 0 Å². The molecule has 0 saturated carbocycles. The summed E-state index contributed by atoms with van der Waals surface area (Å²) in [4.78, 5) is 13.1. The molecule has 1 heterocycles. The van der Waals surface area contributed by atoms with E-state index in [9.17, 15) is 4.79 Å². The number of nitrogens with zero attached hydrogens (tertiary/aromatic N) is 1. The zero-order chi connectivity index (χ0) is 13.7. The molecule has 1 fully saturated rings. The van der Waals surface area contributed by atoms with Crippen LogP contribution in [0.4, 0.5) is 0 Å². The van der Waals surface area contributed by atoms with Crippen molar-refractivity contribution in [2.45, 2.75) is 19.0 Å². The Kier molecular flexibility index (Phi) is 4.90. The standard InChI is InChI=1S/C14H20N2O3/c15-13(9-14(17)18)12-4-2-1-3-11(12)10-16-5-7-19-8-6-16/h1-4,13H,5-10,15H2,(H,17,18). The van der Waals surface area contributed by atoms with Crippen molar-refractivity contribution in [3.63, 3.8) is 0 Å². The first-order valence-electron chi connectivity index (χ1n) is 6.52. The third-order valence-electron chi connectivity index (χ3n) is 3.35. The van der Waals surface area contributed by atoms with Gasteiger partial charge in [0.1, 0.15) is 0 Å². The van der Waals surface area contributed by atoms with E-state index in [-0.39, 0.29) is 6.42 Å². The number of carboxylic acid groups (broad SMARTS) is 1. The number of benzene rings is 1. The number of morpholine rings is 1. The molecule has 1 saturated heterocycles. The summed E-state index contributed by atoms with van der Waals surface area (Å²) in [6.45, 7) is 4.12. The van der Waals surface area contributed by atoms with E-state index in [1.165, 1.54) is 0 Å². The summed E-state index contributed by atoms with van der Waals surface area (Å²) >= 11 is 0. The first-order valence-corrected chi connectivity index (χ1v) is 6.52. The van der Waals surface area contributed by atoms with Crippen molar-refractivity contribution in [1.29, 1.82) is 0 Å². The van der Waals surface area contributed by atoms with Crippen molar-refractivity contribution in [3.05, 3.63) is 35.4 Å². The Bertz CT molecular complexity index is 430. The van der Waals surface area contributed by atoms with E-state index >= 15 is 0 Å². The normalized spacial score (nSPS) is 18.2. The molecule has 5 heteroatoms. The molecule has 1 aliphatic rings. The molecule has 1 aromatic carbocycles. The number of nitrogens with two attached hydrogens (primary N) is 1. The molecule has 1 atom stereocenters. The van der Waals surface area contributed by atoms with Gasteiger partial charge in [0.05, 0.1) is 19.6 Å². The van der Waals surface area contributed by atoms with Gasteiger partial charge in [-0.05, 0) is 11.1 Å². The fourth-order valence-electron chi connectivity index (χ4n) is 2.34. The monoisotopic (exact) mass is 264 g/mol. The van der Waals surface area contributed by atoms with Crippen molar-refractivity contribution < 1.29 is 14.6 Å². The molecule has 1 unspecified atom stereocenters. The molecule has 1 aliphatic heterocycles. The highest BCUT2D eigenvalue weighted by molar-refractivity contribution is 5.68. The molecule has 0 aromatic heterocycles. The van der Waals surface area contributed by atoms with Gasteiger partial charge >= 0.3 is 5.97 Å². The summed E-state index contributed by atoms with van der Waals surface area (Å²) in [5.41, 5.74) is 8.01. The van der Waals surface area contributed by atoms with Gasteiger partial charge in [0, 0.05) is 25.7 Å². The minimum absolute atomic E-state index is 0.0415. The van der Waals surface area contributed by atoms with E-state index in [0.717, 1.165) is 44.0 Å². The molecule has 0 bridgehead atoms. The lowest BCUT2D eigenvalue weighted by Gasteiger charge is -2.28. The van der Waals surface area contributed by atoms with Crippen LogP contribution in [0.5, 0.6) is 0 Å². The van der Waals surface area contributed by atoms with Gasteiger partial charge in [-0.15, -0.1) is 0 Å². The van der Waals surface area contributed by atoms with Crippen LogP contribution in [0.25, 0.3) is 0 Å². The number of hydrogen-bond donors (Lipinski definition) is 2. The fourth-order valence-corrected chi connectivity index (χ4v) is 2.34. The van der Waals surface area contributed by atoms with Crippen LogP contribution in [0.3, 0.4) is 0 Å². The number of ether oxygens (including phenoxy) is 1. The van der Waals surface area contributed by atoms with E-state index in [2.05, 4.69) is 4.90 Å². The number of hydrogen-bond acceptors (Lipinski definition) is 4. The van der Waals surface area contributed by atoms with Gasteiger partial charge in [0.15, 0.2) is 0 Å². The van der Waals surface area contributed by atoms with Gasteiger partial charge in [-0.3, -0.25) is 9.69 Å². The van der Waals surface area contributed by atoms with Gasteiger partial charge in [0.25, 0.3) is 0 Å². The van der Waals surface area contributed by atoms with Crippen LogP contribution >= 0.6 is 0 Å². The second-order valence-corrected chi connectivity index (χ2v) is 4.79. The van der Waals surface area contributed by atoms with Crippen molar-refractivity contribution in [3.8, 4) is 0 Å². The molecule has 19 heavy (non-hydrogen) atoms. The summed E-state index contributed by atoms with van der Waals surface area (Å²) in [5, 5.41) is 8.85.